The minimum atomic E-state index is -0.440. The largest absolute Gasteiger partial charge is 0.444 e. The Morgan fingerprint density at radius 2 is 2.15 bits per heavy atom. The fraction of sp³-hybridized carbons (Fsp3) is 0.933. The van der Waals surface area contributed by atoms with E-state index in [1.165, 1.54) is 0 Å². The molecule has 2 atom stereocenters. The maximum Gasteiger partial charge on any atom is 0.410 e. The van der Waals surface area contributed by atoms with E-state index in [1.807, 2.05) is 25.7 Å². The van der Waals surface area contributed by atoms with Crippen LogP contribution in [-0.2, 0) is 9.47 Å². The molecule has 0 aromatic heterocycles. The zero-order valence-corrected chi connectivity index (χ0v) is 13.0. The van der Waals surface area contributed by atoms with Gasteiger partial charge in [-0.25, -0.2) is 4.79 Å². The second-order valence-corrected chi connectivity index (χ2v) is 6.96. The van der Waals surface area contributed by atoms with Crippen LogP contribution in [-0.4, -0.2) is 48.4 Å². The molecule has 5 heteroatoms. The van der Waals surface area contributed by atoms with E-state index in [0.717, 1.165) is 38.8 Å². The maximum absolute atomic E-state index is 12.2. The van der Waals surface area contributed by atoms with E-state index in [1.54, 1.807) is 0 Å². The van der Waals surface area contributed by atoms with Gasteiger partial charge in [0, 0.05) is 25.6 Å². The molecule has 2 saturated heterocycles. The highest BCUT2D eigenvalue weighted by atomic mass is 16.6. The predicted molar refractivity (Wildman–Crippen MR) is 77.5 cm³/mol. The molecular weight excluding hydrogens is 256 g/mol. The smallest absolute Gasteiger partial charge is 0.410 e. The molecule has 0 aromatic rings. The van der Waals surface area contributed by atoms with E-state index in [2.05, 4.69) is 0 Å². The number of nitrogens with zero attached hydrogens (tertiary/aromatic N) is 1. The third-order valence-corrected chi connectivity index (χ3v) is 4.37. The number of nitrogens with two attached hydrogens (primary N) is 1. The molecule has 20 heavy (non-hydrogen) atoms. The molecule has 0 aromatic carbocycles. The van der Waals surface area contributed by atoms with E-state index in [4.69, 9.17) is 15.2 Å². The van der Waals surface area contributed by atoms with Gasteiger partial charge in [-0.05, 0) is 53.0 Å². The lowest BCUT2D eigenvalue weighted by Crippen LogP contribution is -2.41. The summed E-state index contributed by atoms with van der Waals surface area (Å²) < 4.78 is 11.5. The molecule has 2 N–H and O–H groups in total. The van der Waals surface area contributed by atoms with Crippen molar-refractivity contribution >= 4 is 6.09 Å². The van der Waals surface area contributed by atoms with Gasteiger partial charge >= 0.3 is 6.09 Å². The Bertz CT molecular complexity index is 354. The van der Waals surface area contributed by atoms with Crippen LogP contribution in [0.15, 0.2) is 0 Å². The van der Waals surface area contributed by atoms with Gasteiger partial charge in [0.15, 0.2) is 0 Å². The summed E-state index contributed by atoms with van der Waals surface area (Å²) in [6.07, 6.45) is 3.65. The van der Waals surface area contributed by atoms with Crippen molar-refractivity contribution in [2.45, 2.75) is 57.7 Å². The minimum Gasteiger partial charge on any atom is -0.444 e. The number of carbonyl (C=O) groups is 1. The Balaban J connectivity index is 1.97. The van der Waals surface area contributed by atoms with Gasteiger partial charge in [0.1, 0.15) is 5.60 Å². The molecule has 0 bridgehead atoms. The van der Waals surface area contributed by atoms with Crippen molar-refractivity contribution in [2.75, 3.05) is 26.2 Å². The molecular formula is C15H28N2O3. The third kappa shape index (κ3) is 3.44. The van der Waals surface area contributed by atoms with Crippen LogP contribution in [0.25, 0.3) is 0 Å². The summed E-state index contributed by atoms with van der Waals surface area (Å²) in [6, 6.07) is 0. The van der Waals surface area contributed by atoms with Gasteiger partial charge in [-0.2, -0.15) is 0 Å². The lowest BCUT2D eigenvalue weighted by Gasteiger charge is -2.33. The summed E-state index contributed by atoms with van der Waals surface area (Å²) in [4.78, 5) is 14.0. The molecule has 2 unspecified atom stereocenters. The lowest BCUT2D eigenvalue weighted by atomic mass is 9.81. The fourth-order valence-corrected chi connectivity index (χ4v) is 3.31. The van der Waals surface area contributed by atoms with Crippen LogP contribution < -0.4 is 5.73 Å². The van der Waals surface area contributed by atoms with Crippen LogP contribution in [0.1, 0.15) is 46.5 Å². The highest BCUT2D eigenvalue weighted by Crippen LogP contribution is 2.40. The number of amides is 1. The average molecular weight is 284 g/mol. The predicted octanol–water partition coefficient (Wildman–Crippen LogP) is 2.14. The number of likely N-dealkylation sites (tertiary alicyclic amines) is 1. The van der Waals surface area contributed by atoms with E-state index in [-0.39, 0.29) is 11.7 Å². The number of hydrogen-bond donors (Lipinski definition) is 1. The average Bonchev–Trinajstić information content (AvgIpc) is 2.60. The molecule has 5 nitrogen and oxygen atoms in total. The molecule has 2 rings (SSSR count). The number of ether oxygens (including phenoxy) is 2. The van der Waals surface area contributed by atoms with Crippen molar-refractivity contribution in [3.05, 3.63) is 0 Å². The number of hydrogen-bond acceptors (Lipinski definition) is 4. The maximum atomic E-state index is 12.2. The van der Waals surface area contributed by atoms with Crippen LogP contribution >= 0.6 is 0 Å². The molecule has 0 aliphatic carbocycles. The second-order valence-electron chi connectivity index (χ2n) is 6.96. The first-order chi connectivity index (χ1) is 9.36. The fourth-order valence-electron chi connectivity index (χ4n) is 3.31. The van der Waals surface area contributed by atoms with E-state index in [0.29, 0.717) is 19.0 Å². The third-order valence-electron chi connectivity index (χ3n) is 4.37. The standard InChI is InChI=1S/C15H28N2O3/c1-14(2,3)20-13(18)17-8-4-6-15(7-9-17)12(11-16)5-10-19-15/h12H,4-11,16H2,1-3H3. The Labute approximate surface area is 121 Å². The van der Waals surface area contributed by atoms with E-state index < -0.39 is 5.60 Å². The first-order valence-electron chi connectivity index (χ1n) is 7.68. The molecule has 2 heterocycles. The summed E-state index contributed by atoms with van der Waals surface area (Å²) in [5.41, 5.74) is 5.34. The van der Waals surface area contributed by atoms with Crippen LogP contribution in [0, 0.1) is 5.92 Å². The van der Waals surface area contributed by atoms with Gasteiger partial charge in [-0.15, -0.1) is 0 Å². The topological polar surface area (TPSA) is 64.8 Å². The van der Waals surface area contributed by atoms with Gasteiger partial charge < -0.3 is 20.1 Å². The molecule has 2 aliphatic rings. The zero-order chi connectivity index (χ0) is 14.8. The van der Waals surface area contributed by atoms with E-state index in [9.17, 15) is 4.79 Å². The SMILES string of the molecule is CC(C)(C)OC(=O)N1CCCC2(CC1)OCCC2CN. The summed E-state index contributed by atoms with van der Waals surface area (Å²) in [5.74, 6) is 0.432. The quantitative estimate of drug-likeness (QED) is 0.801. The van der Waals surface area contributed by atoms with Gasteiger partial charge in [0.2, 0.25) is 0 Å². The molecule has 1 amide bonds. The molecule has 2 aliphatic heterocycles. The van der Waals surface area contributed by atoms with Crippen molar-refractivity contribution in [3.63, 3.8) is 0 Å². The second kappa shape index (κ2) is 5.90. The van der Waals surface area contributed by atoms with Gasteiger partial charge in [0.25, 0.3) is 0 Å². The Morgan fingerprint density at radius 3 is 2.80 bits per heavy atom. The first-order valence-corrected chi connectivity index (χ1v) is 7.68. The molecule has 0 radical (unpaired) electrons. The van der Waals surface area contributed by atoms with Gasteiger partial charge in [0.05, 0.1) is 5.60 Å². The Kier molecular flexibility index (Phi) is 4.59. The summed E-state index contributed by atoms with van der Waals surface area (Å²) in [7, 11) is 0. The highest BCUT2D eigenvalue weighted by molar-refractivity contribution is 5.68. The highest BCUT2D eigenvalue weighted by Gasteiger charge is 2.44. The Morgan fingerprint density at radius 1 is 1.40 bits per heavy atom. The normalized spacial score (nSPS) is 31.4. The zero-order valence-electron chi connectivity index (χ0n) is 13.0. The molecule has 116 valence electrons. The van der Waals surface area contributed by atoms with Gasteiger partial charge in [-0.1, -0.05) is 0 Å². The van der Waals surface area contributed by atoms with E-state index >= 15 is 0 Å². The number of rotatable bonds is 1. The van der Waals surface area contributed by atoms with Gasteiger partial charge in [-0.3, -0.25) is 0 Å². The first kappa shape index (κ1) is 15.6. The summed E-state index contributed by atoms with van der Waals surface area (Å²) in [5, 5.41) is 0. The van der Waals surface area contributed by atoms with Crippen LogP contribution in [0.5, 0.6) is 0 Å². The molecule has 1 spiro atoms. The van der Waals surface area contributed by atoms with Crippen molar-refractivity contribution in [2.24, 2.45) is 11.7 Å². The number of carbonyl (C=O) groups excluding carboxylic acids is 1. The summed E-state index contributed by atoms with van der Waals surface area (Å²) in [6.45, 7) is 8.61. The monoisotopic (exact) mass is 284 g/mol. The van der Waals surface area contributed by atoms with Crippen molar-refractivity contribution in [3.8, 4) is 0 Å². The van der Waals surface area contributed by atoms with Crippen LogP contribution in [0.2, 0.25) is 0 Å². The lowest BCUT2D eigenvalue weighted by molar-refractivity contribution is -0.0317. The van der Waals surface area contributed by atoms with Crippen molar-refractivity contribution in [1.29, 1.82) is 0 Å². The Hall–Kier alpha value is -0.810. The summed E-state index contributed by atoms with van der Waals surface area (Å²) >= 11 is 0. The van der Waals surface area contributed by atoms with Crippen LogP contribution in [0.4, 0.5) is 4.79 Å². The van der Waals surface area contributed by atoms with Crippen molar-refractivity contribution in [1.82, 2.24) is 4.90 Å². The van der Waals surface area contributed by atoms with Crippen LogP contribution in [0.3, 0.4) is 0 Å². The van der Waals surface area contributed by atoms with Crippen molar-refractivity contribution < 1.29 is 14.3 Å². The molecule has 0 saturated carbocycles. The molecule has 2 fully saturated rings. The minimum absolute atomic E-state index is 0.106.